The second-order valence-electron chi connectivity index (χ2n) is 8.32. The number of hydrogen-bond donors (Lipinski definition) is 1. The number of benzene rings is 1. The summed E-state index contributed by atoms with van der Waals surface area (Å²) in [5.41, 5.74) is 2.91. The number of aromatic nitrogens is 5. The molecule has 1 fully saturated rings. The number of ether oxygens (including phenoxy) is 2. The van der Waals surface area contributed by atoms with Crippen LogP contribution in [0.15, 0.2) is 42.9 Å². The average molecular weight is 478 g/mol. The van der Waals surface area contributed by atoms with Gasteiger partial charge in [0, 0.05) is 24.5 Å². The molecule has 0 saturated heterocycles. The number of rotatable bonds is 8. The summed E-state index contributed by atoms with van der Waals surface area (Å²) in [6.07, 6.45) is 7.97. The summed E-state index contributed by atoms with van der Waals surface area (Å²) in [6, 6.07) is 6.81. The SMILES string of the molecule is COC(=O)c1ccc(OC)c(F)c1CNC(=O)c1cn(Cc2cn3cc(C4CC4)ccc3n2)nn1. The minimum atomic E-state index is -0.754. The van der Waals surface area contributed by atoms with E-state index in [4.69, 9.17) is 9.47 Å². The standard InChI is InChI=1S/C24H23FN6O4/c1-34-20-7-6-17(24(33)35-2)18(22(20)25)9-26-23(32)19-13-31(29-28-19)12-16-11-30-10-15(14-3-4-14)5-8-21(30)27-16/h5-8,10-11,13-14H,3-4,9,12H2,1-2H3,(H,26,32). The van der Waals surface area contributed by atoms with E-state index in [9.17, 15) is 14.0 Å². The van der Waals surface area contributed by atoms with Crippen molar-refractivity contribution in [3.05, 3.63) is 76.8 Å². The van der Waals surface area contributed by atoms with E-state index in [1.165, 1.54) is 55.6 Å². The van der Waals surface area contributed by atoms with Gasteiger partial charge in [0.15, 0.2) is 17.3 Å². The van der Waals surface area contributed by atoms with Gasteiger partial charge in [0.25, 0.3) is 5.91 Å². The predicted octanol–water partition coefficient (Wildman–Crippen LogP) is 2.72. The molecule has 1 saturated carbocycles. The molecule has 180 valence electrons. The highest BCUT2D eigenvalue weighted by molar-refractivity contribution is 5.93. The van der Waals surface area contributed by atoms with Gasteiger partial charge in [-0.05, 0) is 42.5 Å². The van der Waals surface area contributed by atoms with Crippen molar-refractivity contribution in [3.63, 3.8) is 0 Å². The first-order valence-electron chi connectivity index (χ1n) is 11.1. The predicted molar refractivity (Wildman–Crippen MR) is 122 cm³/mol. The molecule has 11 heteroatoms. The Balaban J connectivity index is 1.28. The smallest absolute Gasteiger partial charge is 0.338 e. The molecule has 10 nitrogen and oxygen atoms in total. The molecule has 0 spiro atoms. The third-order valence-electron chi connectivity index (χ3n) is 5.93. The Morgan fingerprint density at radius 3 is 2.71 bits per heavy atom. The third kappa shape index (κ3) is 4.57. The first kappa shape index (κ1) is 22.5. The molecule has 1 aromatic carbocycles. The summed E-state index contributed by atoms with van der Waals surface area (Å²) in [5, 5.41) is 10.5. The molecule has 5 rings (SSSR count). The highest BCUT2D eigenvalue weighted by Gasteiger charge is 2.24. The van der Waals surface area contributed by atoms with Gasteiger partial charge in [-0.15, -0.1) is 5.10 Å². The van der Waals surface area contributed by atoms with Crippen molar-refractivity contribution in [1.29, 1.82) is 0 Å². The number of methoxy groups -OCH3 is 2. The van der Waals surface area contributed by atoms with E-state index in [1.54, 1.807) is 0 Å². The van der Waals surface area contributed by atoms with Crippen LogP contribution in [0.4, 0.5) is 4.39 Å². The lowest BCUT2D eigenvalue weighted by molar-refractivity contribution is 0.0597. The second-order valence-corrected chi connectivity index (χ2v) is 8.32. The number of hydrogen-bond acceptors (Lipinski definition) is 7. The summed E-state index contributed by atoms with van der Waals surface area (Å²) in [4.78, 5) is 29.2. The number of nitrogens with zero attached hydrogens (tertiary/aromatic N) is 5. The van der Waals surface area contributed by atoms with E-state index in [0.717, 1.165) is 11.3 Å². The molecule has 0 unspecified atom stereocenters. The number of pyridine rings is 1. The van der Waals surface area contributed by atoms with Crippen LogP contribution in [0.1, 0.15) is 56.4 Å². The van der Waals surface area contributed by atoms with E-state index in [2.05, 4.69) is 32.9 Å². The zero-order chi connectivity index (χ0) is 24.5. The van der Waals surface area contributed by atoms with Gasteiger partial charge in [-0.3, -0.25) is 4.79 Å². The first-order valence-corrected chi connectivity index (χ1v) is 11.1. The van der Waals surface area contributed by atoms with Crippen LogP contribution in [0.2, 0.25) is 0 Å². The van der Waals surface area contributed by atoms with Crippen molar-refractivity contribution >= 4 is 17.5 Å². The average Bonchev–Trinajstić information content (AvgIpc) is 3.48. The lowest BCUT2D eigenvalue weighted by Gasteiger charge is -2.12. The fourth-order valence-corrected chi connectivity index (χ4v) is 3.93. The van der Waals surface area contributed by atoms with Gasteiger partial charge in [-0.25, -0.2) is 18.9 Å². The Hall–Kier alpha value is -4.28. The highest BCUT2D eigenvalue weighted by atomic mass is 19.1. The van der Waals surface area contributed by atoms with Crippen LogP contribution in [0, 0.1) is 5.82 Å². The van der Waals surface area contributed by atoms with Crippen LogP contribution in [0.25, 0.3) is 5.65 Å². The summed E-state index contributed by atoms with van der Waals surface area (Å²) in [6.45, 7) is 0.0621. The summed E-state index contributed by atoms with van der Waals surface area (Å²) >= 11 is 0. The minimum Gasteiger partial charge on any atom is -0.494 e. The molecule has 1 aliphatic rings. The fraction of sp³-hybridized carbons (Fsp3) is 0.292. The Labute approximate surface area is 199 Å². The normalized spacial score (nSPS) is 13.1. The van der Waals surface area contributed by atoms with Gasteiger partial charge in [0.1, 0.15) is 5.65 Å². The Kier molecular flexibility index (Phi) is 5.89. The minimum absolute atomic E-state index is 0.00792. The maximum atomic E-state index is 14.8. The fourth-order valence-electron chi connectivity index (χ4n) is 3.93. The number of carbonyl (C=O) groups is 2. The quantitative estimate of drug-likeness (QED) is 0.388. The van der Waals surface area contributed by atoms with Gasteiger partial charge in [0.05, 0.1) is 38.2 Å². The molecule has 0 radical (unpaired) electrons. The van der Waals surface area contributed by atoms with E-state index in [-0.39, 0.29) is 29.1 Å². The molecule has 0 bridgehead atoms. The van der Waals surface area contributed by atoms with Crippen LogP contribution in [-0.2, 0) is 17.8 Å². The Bertz CT molecular complexity index is 1420. The number of fused-ring (bicyclic) bond motifs is 1. The van der Waals surface area contributed by atoms with E-state index >= 15 is 0 Å². The van der Waals surface area contributed by atoms with Crippen LogP contribution in [0.3, 0.4) is 0 Å². The van der Waals surface area contributed by atoms with Gasteiger partial charge in [-0.2, -0.15) is 0 Å². The largest absolute Gasteiger partial charge is 0.494 e. The Morgan fingerprint density at radius 2 is 1.97 bits per heavy atom. The zero-order valence-corrected chi connectivity index (χ0v) is 19.2. The van der Waals surface area contributed by atoms with Crippen molar-refractivity contribution in [2.75, 3.05) is 14.2 Å². The molecular formula is C24H23FN6O4. The van der Waals surface area contributed by atoms with Crippen LogP contribution >= 0.6 is 0 Å². The third-order valence-corrected chi connectivity index (χ3v) is 5.93. The van der Waals surface area contributed by atoms with Crippen molar-refractivity contribution in [2.45, 2.75) is 31.8 Å². The molecule has 3 aromatic heterocycles. The number of carbonyl (C=O) groups excluding carboxylic acids is 2. The lowest BCUT2D eigenvalue weighted by Crippen LogP contribution is -2.25. The highest BCUT2D eigenvalue weighted by Crippen LogP contribution is 2.39. The van der Waals surface area contributed by atoms with Gasteiger partial charge in [-0.1, -0.05) is 11.3 Å². The molecule has 0 atom stereocenters. The van der Waals surface area contributed by atoms with Gasteiger partial charge < -0.3 is 19.2 Å². The van der Waals surface area contributed by atoms with Crippen LogP contribution in [-0.4, -0.2) is 50.5 Å². The number of imidazole rings is 1. The summed E-state index contributed by atoms with van der Waals surface area (Å²) < 4.78 is 27.9. The van der Waals surface area contributed by atoms with Crippen molar-refractivity contribution in [1.82, 2.24) is 29.7 Å². The topological polar surface area (TPSA) is 113 Å². The number of esters is 1. The van der Waals surface area contributed by atoms with Crippen molar-refractivity contribution < 1.29 is 23.5 Å². The van der Waals surface area contributed by atoms with Crippen molar-refractivity contribution in [2.24, 2.45) is 0 Å². The maximum Gasteiger partial charge on any atom is 0.338 e. The molecular weight excluding hydrogens is 455 g/mol. The van der Waals surface area contributed by atoms with E-state index in [1.807, 2.05) is 16.7 Å². The number of nitrogens with one attached hydrogen (secondary N) is 1. The van der Waals surface area contributed by atoms with Crippen molar-refractivity contribution in [3.8, 4) is 5.75 Å². The summed E-state index contributed by atoms with van der Waals surface area (Å²) in [5.74, 6) is -1.45. The maximum absolute atomic E-state index is 14.8. The zero-order valence-electron chi connectivity index (χ0n) is 19.2. The van der Waals surface area contributed by atoms with Gasteiger partial charge >= 0.3 is 5.97 Å². The monoisotopic (exact) mass is 478 g/mol. The number of halogens is 1. The summed E-state index contributed by atoms with van der Waals surface area (Å²) in [7, 11) is 2.51. The molecule has 3 heterocycles. The molecule has 1 amide bonds. The second kappa shape index (κ2) is 9.16. The van der Waals surface area contributed by atoms with E-state index in [0.29, 0.717) is 12.5 Å². The van der Waals surface area contributed by atoms with Crippen LogP contribution in [0.5, 0.6) is 5.75 Å². The first-order chi connectivity index (χ1) is 17.0. The molecule has 1 N–H and O–H groups in total. The number of amides is 1. The van der Waals surface area contributed by atoms with E-state index < -0.39 is 17.7 Å². The molecule has 0 aliphatic heterocycles. The molecule has 35 heavy (non-hydrogen) atoms. The van der Waals surface area contributed by atoms with Crippen LogP contribution < -0.4 is 10.1 Å². The molecule has 1 aliphatic carbocycles. The van der Waals surface area contributed by atoms with Gasteiger partial charge in [0.2, 0.25) is 0 Å². The lowest BCUT2D eigenvalue weighted by atomic mass is 10.1. The Morgan fingerprint density at radius 1 is 1.14 bits per heavy atom. The molecule has 4 aromatic rings.